The summed E-state index contributed by atoms with van der Waals surface area (Å²) < 4.78 is 4.65. The highest BCUT2D eigenvalue weighted by atomic mass is 35.5. The molecule has 1 rings (SSSR count). The number of esters is 1. The molecular formula is C10H12Cl3NO2. The van der Waals surface area contributed by atoms with Crippen molar-refractivity contribution in [3.8, 4) is 0 Å². The molecule has 0 radical (unpaired) electrons. The van der Waals surface area contributed by atoms with Crippen LogP contribution in [-0.4, -0.2) is 20.1 Å². The molecule has 90 valence electrons. The third-order valence-electron chi connectivity index (χ3n) is 2.02. The van der Waals surface area contributed by atoms with Crippen molar-refractivity contribution in [1.82, 2.24) is 5.32 Å². The Hall–Kier alpha value is -0.480. The minimum Gasteiger partial charge on any atom is -0.468 e. The predicted octanol–water partition coefficient (Wildman–Crippen LogP) is 2.85. The molecule has 0 fully saturated rings. The van der Waals surface area contributed by atoms with E-state index in [9.17, 15) is 4.79 Å². The van der Waals surface area contributed by atoms with Crippen LogP contribution in [0, 0.1) is 0 Å². The molecule has 0 heterocycles. The summed E-state index contributed by atoms with van der Waals surface area (Å²) >= 11 is 11.8. The number of carbonyl (C=O) groups is 1. The highest BCUT2D eigenvalue weighted by Gasteiger charge is 2.22. The second-order valence-corrected chi connectivity index (χ2v) is 3.67. The van der Waals surface area contributed by atoms with Gasteiger partial charge in [0.1, 0.15) is 6.04 Å². The number of carbonyl (C=O) groups excluding carboxylic acids is 1. The smallest absolute Gasteiger partial charge is 0.327 e. The van der Waals surface area contributed by atoms with E-state index in [1.165, 1.54) is 7.11 Å². The number of nitrogens with one attached hydrogen (secondary N) is 1. The van der Waals surface area contributed by atoms with E-state index in [4.69, 9.17) is 23.2 Å². The molecule has 16 heavy (non-hydrogen) atoms. The summed E-state index contributed by atoms with van der Waals surface area (Å²) in [6.45, 7) is 0. The van der Waals surface area contributed by atoms with Crippen LogP contribution in [-0.2, 0) is 9.53 Å². The molecule has 6 heteroatoms. The van der Waals surface area contributed by atoms with Crippen molar-refractivity contribution in [2.45, 2.75) is 6.04 Å². The number of halogens is 3. The summed E-state index contributed by atoms with van der Waals surface area (Å²) in [6, 6.07) is 4.53. The SMILES string of the molecule is CNC(C(=O)OC)c1cccc(Cl)c1Cl.Cl. The van der Waals surface area contributed by atoms with Crippen molar-refractivity contribution in [2.75, 3.05) is 14.2 Å². The van der Waals surface area contributed by atoms with Crippen LogP contribution < -0.4 is 5.32 Å². The maximum atomic E-state index is 11.4. The highest BCUT2D eigenvalue weighted by molar-refractivity contribution is 6.42. The summed E-state index contributed by atoms with van der Waals surface area (Å²) in [7, 11) is 2.98. The molecule has 0 spiro atoms. The van der Waals surface area contributed by atoms with Gasteiger partial charge in [-0.25, -0.2) is 4.79 Å². The Kier molecular flexibility index (Phi) is 6.76. The van der Waals surface area contributed by atoms with Crippen LogP contribution in [0.5, 0.6) is 0 Å². The Morgan fingerprint density at radius 1 is 1.44 bits per heavy atom. The summed E-state index contributed by atoms with van der Waals surface area (Å²) in [6.07, 6.45) is 0. The molecule has 1 N–H and O–H groups in total. The van der Waals surface area contributed by atoms with Crippen molar-refractivity contribution in [3.63, 3.8) is 0 Å². The minimum atomic E-state index is -0.596. The lowest BCUT2D eigenvalue weighted by atomic mass is 10.1. The number of likely N-dealkylation sites (N-methyl/N-ethyl adjacent to an activating group) is 1. The summed E-state index contributed by atoms with van der Waals surface area (Å²) in [4.78, 5) is 11.4. The van der Waals surface area contributed by atoms with E-state index in [-0.39, 0.29) is 12.4 Å². The normalized spacial score (nSPS) is 11.5. The van der Waals surface area contributed by atoms with Gasteiger partial charge in [-0.15, -0.1) is 12.4 Å². The number of hydrogen-bond donors (Lipinski definition) is 1. The van der Waals surface area contributed by atoms with Crippen LogP contribution in [0.25, 0.3) is 0 Å². The monoisotopic (exact) mass is 283 g/mol. The molecular weight excluding hydrogens is 272 g/mol. The lowest BCUT2D eigenvalue weighted by Crippen LogP contribution is -2.26. The van der Waals surface area contributed by atoms with Gasteiger partial charge in [-0.05, 0) is 13.1 Å². The van der Waals surface area contributed by atoms with E-state index >= 15 is 0 Å². The van der Waals surface area contributed by atoms with Crippen LogP contribution in [0.15, 0.2) is 18.2 Å². The van der Waals surface area contributed by atoms with Gasteiger partial charge in [0.15, 0.2) is 0 Å². The molecule has 0 saturated heterocycles. The van der Waals surface area contributed by atoms with E-state index in [1.54, 1.807) is 25.2 Å². The number of ether oxygens (including phenoxy) is 1. The Balaban J connectivity index is 0.00000225. The quantitative estimate of drug-likeness (QED) is 0.868. The zero-order valence-electron chi connectivity index (χ0n) is 8.79. The number of methoxy groups -OCH3 is 1. The molecule has 1 atom stereocenters. The van der Waals surface area contributed by atoms with E-state index in [0.717, 1.165) is 0 Å². The highest BCUT2D eigenvalue weighted by Crippen LogP contribution is 2.30. The molecule has 0 aliphatic rings. The Morgan fingerprint density at radius 3 is 2.56 bits per heavy atom. The maximum absolute atomic E-state index is 11.4. The summed E-state index contributed by atoms with van der Waals surface area (Å²) in [5.41, 5.74) is 0.610. The van der Waals surface area contributed by atoms with Gasteiger partial charge in [0.2, 0.25) is 0 Å². The fourth-order valence-electron chi connectivity index (χ4n) is 1.26. The number of benzene rings is 1. The van der Waals surface area contributed by atoms with E-state index in [2.05, 4.69) is 10.1 Å². The molecule has 0 aliphatic carbocycles. The average Bonchev–Trinajstić information content (AvgIpc) is 2.24. The first-order valence-electron chi connectivity index (χ1n) is 4.30. The lowest BCUT2D eigenvalue weighted by molar-refractivity contribution is -0.143. The van der Waals surface area contributed by atoms with Crippen LogP contribution in [0.3, 0.4) is 0 Å². The summed E-state index contributed by atoms with van der Waals surface area (Å²) in [5, 5.41) is 3.60. The molecule has 1 aromatic rings. The number of rotatable bonds is 3. The molecule has 0 aliphatic heterocycles. The second kappa shape index (κ2) is 6.97. The van der Waals surface area contributed by atoms with Crippen molar-refractivity contribution in [3.05, 3.63) is 33.8 Å². The number of hydrogen-bond acceptors (Lipinski definition) is 3. The molecule has 0 amide bonds. The molecule has 0 bridgehead atoms. The van der Waals surface area contributed by atoms with E-state index in [0.29, 0.717) is 15.6 Å². The second-order valence-electron chi connectivity index (χ2n) is 2.89. The first-order chi connectivity index (χ1) is 7.11. The zero-order valence-corrected chi connectivity index (χ0v) is 11.1. The third kappa shape index (κ3) is 3.25. The Labute approximate surface area is 110 Å². The van der Waals surface area contributed by atoms with Gasteiger partial charge < -0.3 is 10.1 Å². The minimum absolute atomic E-state index is 0. The topological polar surface area (TPSA) is 38.3 Å². The molecule has 0 aromatic heterocycles. The fourth-order valence-corrected chi connectivity index (χ4v) is 1.68. The van der Waals surface area contributed by atoms with Crippen LogP contribution in [0.1, 0.15) is 11.6 Å². The van der Waals surface area contributed by atoms with Crippen LogP contribution in [0.4, 0.5) is 0 Å². The van der Waals surface area contributed by atoms with Crippen LogP contribution in [0.2, 0.25) is 10.0 Å². The van der Waals surface area contributed by atoms with Gasteiger partial charge in [0, 0.05) is 5.56 Å². The first-order valence-corrected chi connectivity index (χ1v) is 5.06. The molecule has 3 nitrogen and oxygen atoms in total. The first kappa shape index (κ1) is 15.5. The standard InChI is InChI=1S/C10H11Cl2NO2.ClH/c1-13-9(10(14)15-2)6-4-3-5-7(11)8(6)12;/h3-5,9,13H,1-2H3;1H. The average molecular weight is 285 g/mol. The van der Waals surface area contributed by atoms with Gasteiger partial charge in [-0.1, -0.05) is 35.3 Å². The largest absolute Gasteiger partial charge is 0.468 e. The third-order valence-corrected chi connectivity index (χ3v) is 2.85. The van der Waals surface area contributed by atoms with Gasteiger partial charge in [-0.3, -0.25) is 0 Å². The Morgan fingerprint density at radius 2 is 2.06 bits per heavy atom. The van der Waals surface area contributed by atoms with Gasteiger partial charge >= 0.3 is 5.97 Å². The lowest BCUT2D eigenvalue weighted by Gasteiger charge is -2.15. The van der Waals surface area contributed by atoms with Gasteiger partial charge in [0.05, 0.1) is 17.2 Å². The van der Waals surface area contributed by atoms with Crippen molar-refractivity contribution < 1.29 is 9.53 Å². The maximum Gasteiger partial charge on any atom is 0.327 e. The van der Waals surface area contributed by atoms with E-state index < -0.39 is 12.0 Å². The van der Waals surface area contributed by atoms with Crippen LogP contribution >= 0.6 is 35.6 Å². The van der Waals surface area contributed by atoms with Gasteiger partial charge in [-0.2, -0.15) is 0 Å². The molecule has 1 unspecified atom stereocenters. The van der Waals surface area contributed by atoms with Crippen molar-refractivity contribution >= 4 is 41.6 Å². The molecule has 0 saturated carbocycles. The fraction of sp³-hybridized carbons (Fsp3) is 0.300. The van der Waals surface area contributed by atoms with Gasteiger partial charge in [0.25, 0.3) is 0 Å². The van der Waals surface area contributed by atoms with E-state index in [1.807, 2.05) is 0 Å². The predicted molar refractivity (Wildman–Crippen MR) is 67.5 cm³/mol. The zero-order chi connectivity index (χ0) is 11.4. The molecule has 1 aromatic carbocycles. The van der Waals surface area contributed by atoms with Crippen molar-refractivity contribution in [1.29, 1.82) is 0 Å². The summed E-state index contributed by atoms with van der Waals surface area (Å²) in [5.74, 6) is -0.401. The Bertz CT molecular complexity index is 371. The van der Waals surface area contributed by atoms with Crippen molar-refractivity contribution in [2.24, 2.45) is 0 Å².